The zero-order chi connectivity index (χ0) is 23.5. The Morgan fingerprint density at radius 2 is 1.55 bits per heavy atom. The van der Waals surface area contributed by atoms with Crippen LogP contribution in [0.5, 0.6) is 0 Å². The van der Waals surface area contributed by atoms with Gasteiger partial charge in [0, 0.05) is 5.92 Å². The lowest BCUT2D eigenvalue weighted by Gasteiger charge is -2.23. The van der Waals surface area contributed by atoms with Gasteiger partial charge in [0.15, 0.2) is 0 Å². The third-order valence-electron chi connectivity index (χ3n) is 6.45. The predicted molar refractivity (Wildman–Crippen MR) is 124 cm³/mol. The Balaban J connectivity index is 1.41. The number of rotatable bonds is 9. The van der Waals surface area contributed by atoms with E-state index >= 15 is 0 Å². The molecule has 1 fully saturated rings. The third-order valence-corrected chi connectivity index (χ3v) is 6.45. The molecule has 0 radical (unpaired) electrons. The van der Waals surface area contributed by atoms with Crippen LogP contribution in [0.3, 0.4) is 0 Å². The van der Waals surface area contributed by atoms with Crippen molar-refractivity contribution in [3.05, 3.63) is 59.7 Å². The minimum Gasteiger partial charge on any atom is -0.480 e. The monoisotopic (exact) mass is 450 g/mol. The van der Waals surface area contributed by atoms with Gasteiger partial charge in [-0.2, -0.15) is 0 Å². The first-order valence-electron chi connectivity index (χ1n) is 11.5. The van der Waals surface area contributed by atoms with Crippen LogP contribution in [0.25, 0.3) is 11.1 Å². The molecule has 7 nitrogen and oxygen atoms in total. The molecule has 3 N–H and O–H groups in total. The fourth-order valence-electron chi connectivity index (χ4n) is 4.47. The highest BCUT2D eigenvalue weighted by Crippen LogP contribution is 2.44. The van der Waals surface area contributed by atoms with Gasteiger partial charge in [0.25, 0.3) is 0 Å². The summed E-state index contributed by atoms with van der Waals surface area (Å²) >= 11 is 0. The highest BCUT2D eigenvalue weighted by Gasteiger charge is 2.34. The predicted octanol–water partition coefficient (Wildman–Crippen LogP) is 3.92. The van der Waals surface area contributed by atoms with Crippen molar-refractivity contribution in [1.29, 1.82) is 0 Å². The third kappa shape index (κ3) is 5.18. The molecular weight excluding hydrogens is 420 g/mol. The number of carbonyl (C=O) groups excluding carboxylic acids is 2. The summed E-state index contributed by atoms with van der Waals surface area (Å²) in [5, 5.41) is 14.6. The molecule has 0 heterocycles. The molecule has 2 unspecified atom stereocenters. The number of nitrogens with one attached hydrogen (secondary N) is 2. The molecule has 33 heavy (non-hydrogen) atoms. The van der Waals surface area contributed by atoms with Crippen LogP contribution in [0.4, 0.5) is 4.79 Å². The van der Waals surface area contributed by atoms with Crippen molar-refractivity contribution in [2.45, 2.75) is 51.1 Å². The smallest absolute Gasteiger partial charge is 0.407 e. The molecule has 2 atom stereocenters. The number of aliphatic carboxylic acids is 1. The SMILES string of the molecule is CC(C)C(NC(=O)C(CC1CC1)NC(=O)OCC1c2ccccc2-c2ccccc21)C(=O)O. The Bertz CT molecular complexity index is 1000. The molecule has 0 aliphatic heterocycles. The van der Waals surface area contributed by atoms with E-state index in [1.165, 1.54) is 0 Å². The van der Waals surface area contributed by atoms with Gasteiger partial charge in [0.2, 0.25) is 5.91 Å². The summed E-state index contributed by atoms with van der Waals surface area (Å²) in [6, 6.07) is 14.3. The lowest BCUT2D eigenvalue weighted by Crippen LogP contribution is -2.53. The zero-order valence-electron chi connectivity index (χ0n) is 18.9. The number of amides is 2. The van der Waals surface area contributed by atoms with Crippen LogP contribution in [0.15, 0.2) is 48.5 Å². The van der Waals surface area contributed by atoms with E-state index in [0.29, 0.717) is 12.3 Å². The van der Waals surface area contributed by atoms with E-state index in [9.17, 15) is 19.5 Å². The number of fused-ring (bicyclic) bond motifs is 3. The Hall–Kier alpha value is -3.35. The topological polar surface area (TPSA) is 105 Å². The molecule has 0 aromatic heterocycles. The van der Waals surface area contributed by atoms with Crippen molar-refractivity contribution in [3.8, 4) is 11.1 Å². The Kier molecular flexibility index (Phi) is 6.67. The maximum Gasteiger partial charge on any atom is 0.407 e. The fraction of sp³-hybridized carbons (Fsp3) is 0.423. The summed E-state index contributed by atoms with van der Waals surface area (Å²) in [5.74, 6) is -1.57. The number of hydrogen-bond donors (Lipinski definition) is 3. The van der Waals surface area contributed by atoms with Crippen molar-refractivity contribution in [2.24, 2.45) is 11.8 Å². The fourth-order valence-corrected chi connectivity index (χ4v) is 4.47. The van der Waals surface area contributed by atoms with E-state index in [-0.39, 0.29) is 18.4 Å². The molecular formula is C26H30N2O5. The maximum absolute atomic E-state index is 12.8. The quantitative estimate of drug-likeness (QED) is 0.537. The number of carbonyl (C=O) groups is 3. The minimum atomic E-state index is -1.09. The molecule has 2 aromatic carbocycles. The van der Waals surface area contributed by atoms with E-state index in [1.807, 2.05) is 36.4 Å². The lowest BCUT2D eigenvalue weighted by atomic mass is 9.98. The van der Waals surface area contributed by atoms with Crippen molar-refractivity contribution in [1.82, 2.24) is 10.6 Å². The largest absolute Gasteiger partial charge is 0.480 e. The Morgan fingerprint density at radius 1 is 0.970 bits per heavy atom. The van der Waals surface area contributed by atoms with Gasteiger partial charge in [-0.05, 0) is 40.5 Å². The summed E-state index contributed by atoms with van der Waals surface area (Å²) < 4.78 is 5.58. The summed E-state index contributed by atoms with van der Waals surface area (Å²) in [6.45, 7) is 3.61. The van der Waals surface area contributed by atoms with Crippen LogP contribution in [0.2, 0.25) is 0 Å². The van der Waals surface area contributed by atoms with Gasteiger partial charge >= 0.3 is 12.1 Å². The molecule has 0 bridgehead atoms. The Morgan fingerprint density at radius 3 is 2.06 bits per heavy atom. The first kappa shape index (κ1) is 22.8. The van der Waals surface area contributed by atoms with Crippen LogP contribution < -0.4 is 10.6 Å². The van der Waals surface area contributed by atoms with E-state index in [1.54, 1.807) is 13.8 Å². The van der Waals surface area contributed by atoms with Gasteiger partial charge < -0.3 is 20.5 Å². The van der Waals surface area contributed by atoms with Crippen LogP contribution in [0, 0.1) is 11.8 Å². The van der Waals surface area contributed by atoms with Crippen molar-refractivity contribution in [3.63, 3.8) is 0 Å². The molecule has 0 spiro atoms. The molecule has 2 amide bonds. The molecule has 1 saturated carbocycles. The lowest BCUT2D eigenvalue weighted by molar-refractivity contribution is -0.143. The maximum atomic E-state index is 12.8. The highest BCUT2D eigenvalue weighted by molar-refractivity contribution is 5.89. The molecule has 174 valence electrons. The van der Waals surface area contributed by atoms with E-state index in [0.717, 1.165) is 35.1 Å². The van der Waals surface area contributed by atoms with E-state index in [4.69, 9.17) is 4.74 Å². The second kappa shape index (κ2) is 9.65. The van der Waals surface area contributed by atoms with Crippen molar-refractivity contribution in [2.75, 3.05) is 6.61 Å². The van der Waals surface area contributed by atoms with Crippen LogP contribution in [-0.4, -0.2) is 41.8 Å². The van der Waals surface area contributed by atoms with E-state index in [2.05, 4.69) is 22.8 Å². The summed E-state index contributed by atoms with van der Waals surface area (Å²) in [5.41, 5.74) is 4.50. The second-order valence-corrected chi connectivity index (χ2v) is 9.27. The summed E-state index contributed by atoms with van der Waals surface area (Å²) in [7, 11) is 0. The number of alkyl carbamates (subject to hydrolysis) is 1. The van der Waals surface area contributed by atoms with Gasteiger partial charge in [-0.15, -0.1) is 0 Å². The first-order chi connectivity index (χ1) is 15.8. The van der Waals surface area contributed by atoms with Gasteiger partial charge in [-0.1, -0.05) is 75.2 Å². The first-order valence-corrected chi connectivity index (χ1v) is 11.5. The molecule has 4 rings (SSSR count). The summed E-state index contributed by atoms with van der Waals surface area (Å²) in [4.78, 5) is 36.9. The molecule has 0 saturated heterocycles. The van der Waals surface area contributed by atoms with E-state index < -0.39 is 30.1 Å². The van der Waals surface area contributed by atoms with Gasteiger partial charge in [0.1, 0.15) is 18.7 Å². The zero-order valence-corrected chi connectivity index (χ0v) is 18.9. The van der Waals surface area contributed by atoms with Crippen molar-refractivity contribution < 1.29 is 24.2 Å². The number of ether oxygens (including phenoxy) is 1. The number of carboxylic acids is 1. The van der Waals surface area contributed by atoms with Gasteiger partial charge in [0.05, 0.1) is 0 Å². The van der Waals surface area contributed by atoms with Crippen molar-refractivity contribution >= 4 is 18.0 Å². The van der Waals surface area contributed by atoms with Crippen LogP contribution >= 0.6 is 0 Å². The number of benzene rings is 2. The average Bonchev–Trinajstić information content (AvgIpc) is 3.55. The number of hydrogen-bond acceptors (Lipinski definition) is 4. The molecule has 7 heteroatoms. The second-order valence-electron chi connectivity index (χ2n) is 9.27. The molecule has 2 aromatic rings. The average molecular weight is 451 g/mol. The van der Waals surface area contributed by atoms with Crippen LogP contribution in [0.1, 0.15) is 50.2 Å². The van der Waals surface area contributed by atoms with Gasteiger partial charge in [-0.3, -0.25) is 4.79 Å². The molecule has 2 aliphatic rings. The Labute approximate surface area is 193 Å². The van der Waals surface area contributed by atoms with Crippen LogP contribution in [-0.2, 0) is 14.3 Å². The standard InChI is InChI=1S/C26H30N2O5/c1-15(2)23(25(30)31)28-24(29)22(13-16-11-12-16)27-26(32)33-14-21-19-9-5-3-7-17(19)18-8-4-6-10-20(18)21/h3-10,15-16,21-23H,11-14H2,1-2H3,(H,27,32)(H,28,29)(H,30,31). The highest BCUT2D eigenvalue weighted by atomic mass is 16.5. The normalized spacial score (nSPS) is 16.5. The van der Waals surface area contributed by atoms with Gasteiger partial charge in [-0.25, -0.2) is 9.59 Å². The number of carboxylic acid groups (broad SMARTS) is 1. The molecule has 2 aliphatic carbocycles. The minimum absolute atomic E-state index is 0.0730. The summed E-state index contributed by atoms with van der Waals surface area (Å²) in [6.07, 6.45) is 1.81.